The molecule has 7 heteroatoms. The van der Waals surface area contributed by atoms with Crippen molar-refractivity contribution < 1.29 is 14.7 Å². The molecule has 0 unspecified atom stereocenters. The molecule has 270 valence electrons. The van der Waals surface area contributed by atoms with Crippen LogP contribution in [0.2, 0.25) is 0 Å². The Morgan fingerprint density at radius 3 is 1.87 bits per heavy atom. The van der Waals surface area contributed by atoms with Crippen LogP contribution in [0.15, 0.2) is 164 Å². The van der Waals surface area contributed by atoms with Crippen molar-refractivity contribution in [3.8, 4) is 11.1 Å². The summed E-state index contributed by atoms with van der Waals surface area (Å²) in [5, 5.41) is 18.4. The fourth-order valence-electron chi connectivity index (χ4n) is 7.71. The van der Waals surface area contributed by atoms with E-state index in [1.807, 2.05) is 80.8 Å². The highest BCUT2D eigenvalue weighted by molar-refractivity contribution is 6.11. The average molecular weight is 713 g/mol. The zero-order valence-electron chi connectivity index (χ0n) is 30.7. The quantitative estimate of drug-likeness (QED) is 0.0768. The number of rotatable bonds is 14. The molecule has 1 aromatic heterocycles. The molecule has 1 atom stereocenters. The first-order valence-electron chi connectivity index (χ1n) is 18.2. The van der Waals surface area contributed by atoms with Gasteiger partial charge in [0.05, 0.1) is 18.6 Å². The number of fused-ring (bicyclic) bond motifs is 1. The molecule has 0 aliphatic rings. The molecule has 0 saturated carbocycles. The van der Waals surface area contributed by atoms with Gasteiger partial charge in [-0.05, 0) is 52.6 Å². The van der Waals surface area contributed by atoms with Gasteiger partial charge in [-0.1, -0.05) is 159 Å². The zero-order valence-corrected chi connectivity index (χ0v) is 30.7. The van der Waals surface area contributed by atoms with Crippen molar-refractivity contribution in [2.45, 2.75) is 38.4 Å². The number of Topliss-reactive ketones (excluding diaryl/α,β-unsaturated/α-hetero) is 1. The summed E-state index contributed by atoms with van der Waals surface area (Å²) in [5.41, 5.74) is 5.48. The fourth-order valence-corrected chi connectivity index (χ4v) is 7.71. The largest absolute Gasteiger partial charge is 0.480 e. The first-order valence-corrected chi connectivity index (χ1v) is 18.2. The van der Waals surface area contributed by atoms with Crippen LogP contribution in [0.1, 0.15) is 53.0 Å². The molecule has 0 aliphatic heterocycles. The molecule has 0 saturated heterocycles. The lowest BCUT2D eigenvalue weighted by atomic mass is 9.76. The summed E-state index contributed by atoms with van der Waals surface area (Å²) in [4.78, 5) is 31.5. The van der Waals surface area contributed by atoms with E-state index in [9.17, 15) is 14.7 Å². The van der Waals surface area contributed by atoms with Crippen LogP contribution in [0.5, 0.6) is 0 Å². The number of carbonyl (C=O) groups is 2. The van der Waals surface area contributed by atoms with Crippen molar-refractivity contribution in [2.75, 3.05) is 12.4 Å². The van der Waals surface area contributed by atoms with Crippen LogP contribution in [-0.4, -0.2) is 39.5 Å². The number of aromatic nitrogens is 2. The van der Waals surface area contributed by atoms with Gasteiger partial charge in [0.2, 0.25) is 0 Å². The molecular formula is C47H44N4O3. The molecule has 0 radical (unpaired) electrons. The van der Waals surface area contributed by atoms with E-state index in [0.717, 1.165) is 50.0 Å². The summed E-state index contributed by atoms with van der Waals surface area (Å²) in [5.74, 6) is -1.11. The first kappa shape index (κ1) is 36.1. The maximum atomic E-state index is 14.6. The topological polar surface area (TPSA) is 96.3 Å². The number of carbonyl (C=O) groups excluding carboxylic acids is 1. The number of likely N-dealkylation sites (N-methyl/N-ethyl adjacent to an activating group) is 1. The number of aliphatic carboxylic acids is 1. The van der Waals surface area contributed by atoms with E-state index in [4.69, 9.17) is 4.98 Å². The molecule has 7 rings (SSSR count). The molecule has 0 spiro atoms. The van der Waals surface area contributed by atoms with Crippen LogP contribution in [0, 0.1) is 5.41 Å². The van der Waals surface area contributed by atoms with Gasteiger partial charge in [0.1, 0.15) is 11.6 Å². The van der Waals surface area contributed by atoms with Gasteiger partial charge < -0.3 is 20.3 Å². The number of hydrogen-bond acceptors (Lipinski definition) is 5. The molecule has 0 aliphatic carbocycles. The standard InChI is InChI=1S/C47H44N4O3/c1-46(2,29-42(48-3)45(53)54)44(52)40-27-16-28-41(43(40)39-26-15-18-33-17-13-14-25-38(33)39)49-30-37-31-51(32-50-37)47(34-19-7-4-8-20-34,35-21-9-5-10-22-35)36-23-11-6-12-24-36/h4-28,31-32,42,48-49H,29-30H2,1-3H3,(H,53,54)/t42-/m0/s1. The lowest BCUT2D eigenvalue weighted by Crippen LogP contribution is -2.40. The van der Waals surface area contributed by atoms with Crippen LogP contribution in [0.4, 0.5) is 5.69 Å². The maximum absolute atomic E-state index is 14.6. The van der Waals surface area contributed by atoms with Gasteiger partial charge in [-0.15, -0.1) is 0 Å². The number of carboxylic acid groups (broad SMARTS) is 1. The van der Waals surface area contributed by atoms with E-state index in [0.29, 0.717) is 12.1 Å². The summed E-state index contributed by atoms with van der Waals surface area (Å²) in [6.45, 7) is 4.03. The Labute approximate surface area is 316 Å². The smallest absolute Gasteiger partial charge is 0.320 e. The molecule has 54 heavy (non-hydrogen) atoms. The second-order valence-electron chi connectivity index (χ2n) is 14.3. The Hall–Kier alpha value is -6.31. The second-order valence-corrected chi connectivity index (χ2v) is 14.3. The number of ketones is 1. The molecule has 7 nitrogen and oxygen atoms in total. The van der Waals surface area contributed by atoms with Crippen LogP contribution >= 0.6 is 0 Å². The van der Waals surface area contributed by atoms with Crippen LogP contribution in [0.3, 0.4) is 0 Å². The molecule has 0 bridgehead atoms. The zero-order chi connectivity index (χ0) is 37.7. The summed E-state index contributed by atoms with van der Waals surface area (Å²) >= 11 is 0. The minimum Gasteiger partial charge on any atom is -0.480 e. The fraction of sp³-hybridized carbons (Fsp3) is 0.170. The third kappa shape index (κ3) is 6.82. The van der Waals surface area contributed by atoms with E-state index in [-0.39, 0.29) is 12.2 Å². The van der Waals surface area contributed by atoms with Crippen molar-refractivity contribution in [2.24, 2.45) is 5.41 Å². The lowest BCUT2D eigenvalue weighted by molar-refractivity contribution is -0.140. The van der Waals surface area contributed by atoms with E-state index >= 15 is 0 Å². The summed E-state index contributed by atoms with van der Waals surface area (Å²) in [6.07, 6.45) is 4.13. The van der Waals surface area contributed by atoms with Gasteiger partial charge in [-0.2, -0.15) is 0 Å². The molecule has 6 aromatic carbocycles. The van der Waals surface area contributed by atoms with E-state index < -0.39 is 23.0 Å². The highest BCUT2D eigenvalue weighted by Gasteiger charge is 2.39. The Kier molecular flexibility index (Phi) is 10.3. The van der Waals surface area contributed by atoms with Crippen molar-refractivity contribution in [1.29, 1.82) is 0 Å². The minimum atomic E-state index is -0.988. The Balaban J connectivity index is 1.32. The lowest BCUT2D eigenvalue weighted by Gasteiger charge is -2.37. The Morgan fingerprint density at radius 1 is 0.722 bits per heavy atom. The van der Waals surface area contributed by atoms with Crippen molar-refractivity contribution in [3.05, 3.63) is 192 Å². The van der Waals surface area contributed by atoms with Crippen LogP contribution < -0.4 is 10.6 Å². The number of hydrogen-bond donors (Lipinski definition) is 3. The van der Waals surface area contributed by atoms with E-state index in [1.165, 1.54) is 0 Å². The predicted molar refractivity (Wildman–Crippen MR) is 217 cm³/mol. The summed E-state index contributed by atoms with van der Waals surface area (Å²) in [6, 6.07) is 50.6. The normalized spacial score (nSPS) is 12.4. The van der Waals surface area contributed by atoms with Crippen LogP contribution in [-0.2, 0) is 16.9 Å². The van der Waals surface area contributed by atoms with E-state index in [1.54, 1.807) is 7.05 Å². The molecule has 1 heterocycles. The van der Waals surface area contributed by atoms with Gasteiger partial charge >= 0.3 is 5.97 Å². The predicted octanol–water partition coefficient (Wildman–Crippen LogP) is 9.43. The van der Waals surface area contributed by atoms with Gasteiger partial charge in [-0.25, -0.2) is 4.98 Å². The maximum Gasteiger partial charge on any atom is 0.320 e. The van der Waals surface area contributed by atoms with Crippen LogP contribution in [0.25, 0.3) is 21.9 Å². The van der Waals surface area contributed by atoms with Crippen molar-refractivity contribution in [3.63, 3.8) is 0 Å². The number of anilines is 1. The number of imidazole rings is 1. The average Bonchev–Trinajstić information content (AvgIpc) is 3.69. The molecule has 3 N–H and O–H groups in total. The monoisotopic (exact) mass is 712 g/mol. The SMILES string of the molecule is CN[C@@H](CC(C)(C)C(=O)c1cccc(NCc2cn(C(c3ccccc3)(c3ccccc3)c3ccccc3)cn2)c1-c1cccc2ccccc12)C(=O)O. The van der Waals surface area contributed by atoms with E-state index in [2.05, 4.69) is 112 Å². The Morgan fingerprint density at radius 2 is 1.28 bits per heavy atom. The molecule has 7 aromatic rings. The van der Waals surface area contributed by atoms with Gasteiger partial charge in [0.15, 0.2) is 5.78 Å². The first-order chi connectivity index (χ1) is 26.2. The van der Waals surface area contributed by atoms with Gasteiger partial charge in [-0.3, -0.25) is 9.59 Å². The number of nitrogens with zero attached hydrogens (tertiary/aromatic N) is 2. The highest BCUT2D eigenvalue weighted by Crippen LogP contribution is 2.42. The number of carboxylic acids is 1. The molecular weight excluding hydrogens is 669 g/mol. The van der Waals surface area contributed by atoms with Gasteiger partial charge in [0, 0.05) is 28.4 Å². The molecule has 0 amide bonds. The molecule has 0 fully saturated rings. The Bertz CT molecular complexity index is 2290. The van der Waals surface area contributed by atoms with Gasteiger partial charge in [0.25, 0.3) is 0 Å². The minimum absolute atomic E-state index is 0.127. The second kappa shape index (κ2) is 15.3. The third-order valence-corrected chi connectivity index (χ3v) is 10.4. The highest BCUT2D eigenvalue weighted by atomic mass is 16.4. The summed E-state index contributed by atoms with van der Waals surface area (Å²) in [7, 11) is 1.61. The number of nitrogens with one attached hydrogen (secondary N) is 2. The van der Waals surface area contributed by atoms with Crippen molar-refractivity contribution >= 4 is 28.2 Å². The third-order valence-electron chi connectivity index (χ3n) is 10.4. The number of benzene rings is 6. The van der Waals surface area contributed by atoms with Crippen molar-refractivity contribution in [1.82, 2.24) is 14.9 Å². The summed E-state index contributed by atoms with van der Waals surface area (Å²) < 4.78 is 2.19.